The summed E-state index contributed by atoms with van der Waals surface area (Å²) in [6.07, 6.45) is 3.96. The largest absolute Gasteiger partial charge is 0.379 e. The molecule has 0 saturated carbocycles. The zero-order valence-corrected chi connectivity index (χ0v) is 18.8. The summed E-state index contributed by atoms with van der Waals surface area (Å²) in [7, 11) is 0. The lowest BCUT2D eigenvalue weighted by atomic mass is 10.0. The Labute approximate surface area is 193 Å². The molecule has 2 aliphatic rings. The smallest absolute Gasteiger partial charge is 0.261 e. The quantitative estimate of drug-likeness (QED) is 0.652. The van der Waals surface area contributed by atoms with Gasteiger partial charge < -0.3 is 10.1 Å². The molecule has 0 radical (unpaired) electrons. The highest BCUT2D eigenvalue weighted by Gasteiger charge is 2.21. The molecular weight excluding hydrogens is 416 g/mol. The van der Waals surface area contributed by atoms with E-state index in [4.69, 9.17) is 9.72 Å². The van der Waals surface area contributed by atoms with E-state index in [1.165, 1.54) is 0 Å². The van der Waals surface area contributed by atoms with Crippen molar-refractivity contribution in [1.82, 2.24) is 19.8 Å². The van der Waals surface area contributed by atoms with Crippen LogP contribution in [0.2, 0.25) is 0 Å². The normalized spacial score (nSPS) is 17.8. The van der Waals surface area contributed by atoms with Gasteiger partial charge >= 0.3 is 0 Å². The highest BCUT2D eigenvalue weighted by molar-refractivity contribution is 5.97. The number of nitrogens with one attached hydrogen (secondary N) is 1. The minimum atomic E-state index is -0.157. The number of rotatable bonds is 5. The maximum Gasteiger partial charge on any atom is 0.261 e. The third kappa shape index (κ3) is 4.84. The number of nitrogens with zero attached hydrogens (tertiary/aromatic N) is 3. The fraction of sp³-hybridized carbons (Fsp3) is 0.423. The topological polar surface area (TPSA) is 76.5 Å². The van der Waals surface area contributed by atoms with Crippen molar-refractivity contribution in [2.45, 2.75) is 38.3 Å². The van der Waals surface area contributed by atoms with Crippen LogP contribution in [0.5, 0.6) is 0 Å². The summed E-state index contributed by atoms with van der Waals surface area (Å²) >= 11 is 0. The van der Waals surface area contributed by atoms with Crippen LogP contribution in [-0.2, 0) is 17.7 Å². The molecule has 0 aliphatic carbocycles. The Morgan fingerprint density at radius 1 is 1.03 bits per heavy atom. The van der Waals surface area contributed by atoms with Gasteiger partial charge in [0.05, 0.1) is 30.2 Å². The molecule has 0 spiro atoms. The van der Waals surface area contributed by atoms with Gasteiger partial charge in [-0.2, -0.15) is 0 Å². The number of aryl methyl sites for hydroxylation is 1. The van der Waals surface area contributed by atoms with Crippen LogP contribution in [0.1, 0.15) is 47.1 Å². The first-order valence-corrected chi connectivity index (χ1v) is 11.9. The summed E-state index contributed by atoms with van der Waals surface area (Å²) in [6, 6.07) is 15.2. The highest BCUT2D eigenvalue weighted by Crippen LogP contribution is 2.19. The Hall–Kier alpha value is -3.03. The number of hydrogen-bond acceptors (Lipinski definition) is 5. The second-order valence-electron chi connectivity index (χ2n) is 8.88. The first-order valence-electron chi connectivity index (χ1n) is 11.9. The molecule has 2 aromatic carbocycles. The van der Waals surface area contributed by atoms with Crippen LogP contribution in [0.25, 0.3) is 10.9 Å². The van der Waals surface area contributed by atoms with E-state index >= 15 is 0 Å². The van der Waals surface area contributed by atoms with Crippen LogP contribution in [0.3, 0.4) is 0 Å². The van der Waals surface area contributed by atoms with Gasteiger partial charge in [-0.05, 0) is 36.6 Å². The molecule has 2 aliphatic heterocycles. The summed E-state index contributed by atoms with van der Waals surface area (Å²) in [5.74, 6) is 0.674. The van der Waals surface area contributed by atoms with Crippen molar-refractivity contribution in [3.8, 4) is 0 Å². The van der Waals surface area contributed by atoms with E-state index in [1.54, 1.807) is 18.2 Å². The number of benzene rings is 2. The molecular formula is C26H30N4O3. The molecule has 3 heterocycles. The van der Waals surface area contributed by atoms with E-state index in [-0.39, 0.29) is 17.5 Å². The molecule has 172 valence electrons. The molecule has 33 heavy (non-hydrogen) atoms. The molecule has 3 aromatic rings. The van der Waals surface area contributed by atoms with Crippen molar-refractivity contribution >= 4 is 16.8 Å². The van der Waals surface area contributed by atoms with E-state index in [2.05, 4.69) is 10.2 Å². The lowest BCUT2D eigenvalue weighted by Gasteiger charge is -2.31. The van der Waals surface area contributed by atoms with Gasteiger partial charge in [-0.25, -0.2) is 4.98 Å². The Balaban J connectivity index is 1.41. The third-order valence-electron chi connectivity index (χ3n) is 6.63. The average molecular weight is 447 g/mol. The standard InChI is InChI=1S/C26H30N4O3/c31-25(28-23(19-7-3-1-4-8-19)18-29-13-15-33-16-14-29)20-10-11-21-22(17-20)27-24-9-5-2-6-12-30(24)26(21)32/h1,3-4,7-8,10-11,17,23H,2,5-6,9,12-16,18H2,(H,28,31)/t23-/m1/s1. The number of morpholine rings is 1. The summed E-state index contributed by atoms with van der Waals surface area (Å²) in [5, 5.41) is 3.79. The van der Waals surface area contributed by atoms with Crippen LogP contribution >= 0.6 is 0 Å². The number of carbonyl (C=O) groups excluding carboxylic acids is 1. The second-order valence-corrected chi connectivity index (χ2v) is 8.88. The van der Waals surface area contributed by atoms with Crippen molar-refractivity contribution in [3.63, 3.8) is 0 Å². The molecule has 1 atom stereocenters. The van der Waals surface area contributed by atoms with Crippen LogP contribution in [0.15, 0.2) is 53.3 Å². The van der Waals surface area contributed by atoms with Gasteiger partial charge in [0.25, 0.3) is 11.5 Å². The highest BCUT2D eigenvalue weighted by atomic mass is 16.5. The molecule has 0 unspecified atom stereocenters. The summed E-state index contributed by atoms with van der Waals surface area (Å²) < 4.78 is 7.28. The van der Waals surface area contributed by atoms with Crippen molar-refractivity contribution in [1.29, 1.82) is 0 Å². The number of carbonyl (C=O) groups is 1. The fourth-order valence-electron chi connectivity index (χ4n) is 4.76. The van der Waals surface area contributed by atoms with Crippen LogP contribution in [-0.4, -0.2) is 53.2 Å². The molecule has 1 N–H and O–H groups in total. The van der Waals surface area contributed by atoms with E-state index in [0.717, 1.165) is 63.3 Å². The average Bonchev–Trinajstić information content (AvgIpc) is 3.10. The minimum absolute atomic E-state index is 0.00154. The van der Waals surface area contributed by atoms with Crippen molar-refractivity contribution < 1.29 is 9.53 Å². The monoisotopic (exact) mass is 446 g/mol. The molecule has 1 amide bonds. The fourth-order valence-corrected chi connectivity index (χ4v) is 4.76. The molecule has 1 aromatic heterocycles. The molecule has 5 rings (SSSR count). The molecule has 0 bridgehead atoms. The van der Waals surface area contributed by atoms with E-state index in [0.29, 0.717) is 29.7 Å². The van der Waals surface area contributed by atoms with Gasteiger partial charge in [0.2, 0.25) is 0 Å². The van der Waals surface area contributed by atoms with Crippen molar-refractivity contribution in [3.05, 3.63) is 75.8 Å². The third-order valence-corrected chi connectivity index (χ3v) is 6.63. The molecule has 7 nitrogen and oxygen atoms in total. The Morgan fingerprint density at radius 2 is 1.85 bits per heavy atom. The van der Waals surface area contributed by atoms with E-state index in [1.807, 2.05) is 34.9 Å². The molecule has 1 saturated heterocycles. The zero-order chi connectivity index (χ0) is 22.6. The summed E-state index contributed by atoms with van der Waals surface area (Å²) in [6.45, 7) is 4.58. The van der Waals surface area contributed by atoms with Gasteiger partial charge in [0.1, 0.15) is 5.82 Å². The second kappa shape index (κ2) is 9.85. The van der Waals surface area contributed by atoms with Crippen LogP contribution in [0, 0.1) is 0 Å². The first-order chi connectivity index (χ1) is 16.2. The predicted octanol–water partition coefficient (Wildman–Crippen LogP) is 2.93. The maximum absolute atomic E-state index is 13.3. The Bertz CT molecular complexity index is 1190. The number of hydrogen-bond donors (Lipinski definition) is 1. The number of aromatic nitrogens is 2. The number of ether oxygens (including phenoxy) is 1. The first kappa shape index (κ1) is 21.8. The van der Waals surface area contributed by atoms with Gasteiger partial charge in [0.15, 0.2) is 0 Å². The lowest BCUT2D eigenvalue weighted by Crippen LogP contribution is -2.43. The molecule has 7 heteroatoms. The van der Waals surface area contributed by atoms with E-state index < -0.39 is 0 Å². The van der Waals surface area contributed by atoms with Gasteiger partial charge in [-0.15, -0.1) is 0 Å². The van der Waals surface area contributed by atoms with Gasteiger partial charge in [0, 0.05) is 38.2 Å². The lowest BCUT2D eigenvalue weighted by molar-refractivity contribution is 0.0332. The van der Waals surface area contributed by atoms with Crippen molar-refractivity contribution in [2.24, 2.45) is 0 Å². The predicted molar refractivity (Wildman–Crippen MR) is 127 cm³/mol. The molecule has 1 fully saturated rings. The summed E-state index contributed by atoms with van der Waals surface area (Å²) in [4.78, 5) is 33.4. The van der Waals surface area contributed by atoms with E-state index in [9.17, 15) is 9.59 Å². The summed E-state index contributed by atoms with van der Waals surface area (Å²) in [5.41, 5.74) is 2.19. The zero-order valence-electron chi connectivity index (χ0n) is 18.8. The van der Waals surface area contributed by atoms with Crippen molar-refractivity contribution in [2.75, 3.05) is 32.8 Å². The maximum atomic E-state index is 13.3. The Kier molecular flexibility index (Phi) is 6.51. The number of fused-ring (bicyclic) bond motifs is 2. The minimum Gasteiger partial charge on any atom is -0.379 e. The van der Waals surface area contributed by atoms with Gasteiger partial charge in [-0.1, -0.05) is 36.8 Å². The number of amides is 1. The Morgan fingerprint density at radius 3 is 2.67 bits per heavy atom. The van der Waals surface area contributed by atoms with Crippen LogP contribution in [0.4, 0.5) is 0 Å². The van der Waals surface area contributed by atoms with Crippen LogP contribution < -0.4 is 10.9 Å². The van der Waals surface area contributed by atoms with Gasteiger partial charge in [-0.3, -0.25) is 19.1 Å². The SMILES string of the molecule is O=C(N[C@H](CN1CCOCC1)c1ccccc1)c1ccc2c(=O)n3c(nc2c1)CCCCC3.